The minimum absolute atomic E-state index is 0.000840. The third-order valence-corrected chi connectivity index (χ3v) is 3.08. The quantitative estimate of drug-likeness (QED) is 0.851. The Hall–Kier alpha value is -1.04. The average Bonchev–Trinajstić information content (AvgIpc) is 3.09. The molecule has 0 bridgehead atoms. The minimum Gasteiger partial charge on any atom is -0.367 e. The SMILES string of the molecule is FC(F)(F)c1ccc(NCC(Cl)C2CC2)nn1. The molecule has 0 saturated heterocycles. The Morgan fingerprint density at radius 2 is 2.06 bits per heavy atom. The van der Waals surface area contributed by atoms with Crippen LogP contribution in [-0.4, -0.2) is 22.1 Å². The Morgan fingerprint density at radius 1 is 1.35 bits per heavy atom. The van der Waals surface area contributed by atoms with Gasteiger partial charge in [0.05, 0.1) is 5.38 Å². The lowest BCUT2D eigenvalue weighted by Gasteiger charge is -2.10. The van der Waals surface area contributed by atoms with Gasteiger partial charge in [-0.25, -0.2) is 0 Å². The van der Waals surface area contributed by atoms with Gasteiger partial charge in [-0.1, -0.05) is 0 Å². The van der Waals surface area contributed by atoms with Crippen molar-refractivity contribution >= 4 is 17.4 Å². The van der Waals surface area contributed by atoms with Gasteiger partial charge in [0.25, 0.3) is 0 Å². The molecule has 1 saturated carbocycles. The van der Waals surface area contributed by atoms with Crippen LogP contribution in [0.15, 0.2) is 12.1 Å². The van der Waals surface area contributed by atoms with Crippen molar-refractivity contribution in [1.29, 1.82) is 0 Å². The highest BCUT2D eigenvalue weighted by Gasteiger charge is 2.33. The molecule has 1 aromatic rings. The molecular formula is C10H11ClF3N3. The fourth-order valence-electron chi connectivity index (χ4n) is 1.40. The van der Waals surface area contributed by atoms with E-state index in [1.165, 1.54) is 6.07 Å². The zero-order valence-corrected chi connectivity index (χ0v) is 9.59. The molecule has 0 aliphatic heterocycles. The van der Waals surface area contributed by atoms with E-state index >= 15 is 0 Å². The van der Waals surface area contributed by atoms with Gasteiger partial charge in [0, 0.05) is 6.54 Å². The van der Waals surface area contributed by atoms with Crippen LogP contribution in [0.3, 0.4) is 0 Å². The Kier molecular flexibility index (Phi) is 3.42. The number of aromatic nitrogens is 2. The van der Waals surface area contributed by atoms with Crippen LogP contribution in [0, 0.1) is 5.92 Å². The molecule has 1 heterocycles. The Balaban J connectivity index is 1.89. The van der Waals surface area contributed by atoms with E-state index in [0.717, 1.165) is 18.9 Å². The van der Waals surface area contributed by atoms with Crippen molar-refractivity contribution < 1.29 is 13.2 Å². The summed E-state index contributed by atoms with van der Waals surface area (Å²) in [6.45, 7) is 0.492. The molecule has 2 rings (SSSR count). The van der Waals surface area contributed by atoms with E-state index in [1.54, 1.807) is 0 Å². The van der Waals surface area contributed by atoms with E-state index in [2.05, 4.69) is 15.5 Å². The molecule has 3 nitrogen and oxygen atoms in total. The van der Waals surface area contributed by atoms with Crippen LogP contribution >= 0.6 is 11.6 Å². The third kappa shape index (κ3) is 3.46. The molecule has 1 atom stereocenters. The van der Waals surface area contributed by atoms with Crippen LogP contribution in [0.1, 0.15) is 18.5 Å². The number of anilines is 1. The van der Waals surface area contributed by atoms with Crippen LogP contribution in [0.5, 0.6) is 0 Å². The summed E-state index contributed by atoms with van der Waals surface area (Å²) in [5.74, 6) is 0.830. The van der Waals surface area contributed by atoms with Gasteiger partial charge in [0.1, 0.15) is 5.82 Å². The molecule has 1 fully saturated rings. The van der Waals surface area contributed by atoms with Crippen molar-refractivity contribution in [1.82, 2.24) is 10.2 Å². The molecule has 1 aliphatic rings. The van der Waals surface area contributed by atoms with Gasteiger partial charge in [-0.2, -0.15) is 13.2 Å². The summed E-state index contributed by atoms with van der Waals surface area (Å²) in [5, 5.41) is 9.44. The van der Waals surface area contributed by atoms with Gasteiger partial charge in [-0.05, 0) is 30.9 Å². The topological polar surface area (TPSA) is 37.8 Å². The summed E-state index contributed by atoms with van der Waals surface area (Å²) in [5.41, 5.74) is -0.993. The summed E-state index contributed by atoms with van der Waals surface area (Å²) < 4.78 is 36.6. The standard InChI is InChI=1S/C10H11ClF3N3/c11-7(6-1-2-6)5-15-9-4-3-8(16-17-9)10(12,13)14/h3-4,6-7H,1-2,5H2,(H,15,17). The summed E-state index contributed by atoms with van der Waals surface area (Å²) in [6, 6.07) is 2.15. The maximum atomic E-state index is 12.2. The molecule has 17 heavy (non-hydrogen) atoms. The van der Waals surface area contributed by atoms with E-state index in [9.17, 15) is 13.2 Å². The summed E-state index contributed by atoms with van der Waals surface area (Å²) in [4.78, 5) is 0. The monoisotopic (exact) mass is 265 g/mol. The first kappa shape index (κ1) is 12.4. The van der Waals surface area contributed by atoms with Gasteiger partial charge in [0.2, 0.25) is 0 Å². The predicted molar refractivity (Wildman–Crippen MR) is 57.9 cm³/mol. The highest BCUT2D eigenvalue weighted by molar-refractivity contribution is 6.21. The van der Waals surface area contributed by atoms with E-state index in [1.807, 2.05) is 0 Å². The molecule has 0 spiro atoms. The van der Waals surface area contributed by atoms with E-state index < -0.39 is 11.9 Å². The lowest BCUT2D eigenvalue weighted by molar-refractivity contribution is -0.141. The fourth-order valence-corrected chi connectivity index (χ4v) is 1.73. The number of hydrogen-bond acceptors (Lipinski definition) is 3. The van der Waals surface area contributed by atoms with Gasteiger partial charge in [-0.3, -0.25) is 0 Å². The van der Waals surface area contributed by atoms with Crippen LogP contribution in [0.25, 0.3) is 0 Å². The second kappa shape index (κ2) is 4.68. The molecule has 0 radical (unpaired) electrons. The van der Waals surface area contributed by atoms with Crippen molar-refractivity contribution in [3.63, 3.8) is 0 Å². The summed E-state index contributed by atoms with van der Waals surface area (Å²) in [7, 11) is 0. The lowest BCUT2D eigenvalue weighted by Crippen LogP contribution is -2.17. The maximum Gasteiger partial charge on any atom is 0.435 e. The fraction of sp³-hybridized carbons (Fsp3) is 0.600. The third-order valence-electron chi connectivity index (χ3n) is 2.57. The largest absolute Gasteiger partial charge is 0.435 e. The first-order chi connectivity index (χ1) is 7.97. The predicted octanol–water partition coefficient (Wildman–Crippen LogP) is 2.92. The highest BCUT2D eigenvalue weighted by atomic mass is 35.5. The van der Waals surface area contributed by atoms with Gasteiger partial charge < -0.3 is 5.32 Å². The summed E-state index contributed by atoms with van der Waals surface area (Å²) >= 11 is 6.04. The number of rotatable bonds is 4. The highest BCUT2D eigenvalue weighted by Crippen LogP contribution is 2.35. The molecule has 1 aromatic heterocycles. The number of nitrogens with one attached hydrogen (secondary N) is 1. The zero-order valence-electron chi connectivity index (χ0n) is 8.84. The molecule has 7 heteroatoms. The molecule has 1 aliphatic carbocycles. The number of halogens is 4. The minimum atomic E-state index is -4.45. The first-order valence-electron chi connectivity index (χ1n) is 5.25. The Bertz CT molecular complexity index is 375. The normalized spacial score (nSPS) is 17.9. The van der Waals surface area contributed by atoms with Crippen molar-refractivity contribution in [2.75, 3.05) is 11.9 Å². The number of hydrogen-bond donors (Lipinski definition) is 1. The van der Waals surface area contributed by atoms with Gasteiger partial charge in [0.15, 0.2) is 5.69 Å². The zero-order chi connectivity index (χ0) is 12.5. The molecular weight excluding hydrogens is 255 g/mol. The first-order valence-corrected chi connectivity index (χ1v) is 5.69. The van der Waals surface area contributed by atoms with E-state index in [-0.39, 0.29) is 5.38 Å². The van der Waals surface area contributed by atoms with Crippen molar-refractivity contribution in [2.24, 2.45) is 5.92 Å². The van der Waals surface area contributed by atoms with Crippen LogP contribution in [-0.2, 0) is 6.18 Å². The van der Waals surface area contributed by atoms with Crippen molar-refractivity contribution in [2.45, 2.75) is 24.4 Å². The smallest absolute Gasteiger partial charge is 0.367 e. The second-order valence-corrected chi connectivity index (χ2v) is 4.60. The number of alkyl halides is 4. The maximum absolute atomic E-state index is 12.2. The van der Waals surface area contributed by atoms with Gasteiger partial charge in [-0.15, -0.1) is 21.8 Å². The lowest BCUT2D eigenvalue weighted by atomic mass is 10.3. The Labute approximate surface area is 101 Å². The van der Waals surface area contributed by atoms with Crippen LogP contribution in [0.4, 0.5) is 19.0 Å². The van der Waals surface area contributed by atoms with Crippen LogP contribution in [0.2, 0.25) is 0 Å². The van der Waals surface area contributed by atoms with Crippen molar-refractivity contribution in [3.05, 3.63) is 17.8 Å². The Morgan fingerprint density at radius 3 is 2.53 bits per heavy atom. The molecule has 94 valence electrons. The van der Waals surface area contributed by atoms with Gasteiger partial charge >= 0.3 is 6.18 Å². The van der Waals surface area contributed by atoms with E-state index in [4.69, 9.17) is 11.6 Å². The van der Waals surface area contributed by atoms with Crippen LogP contribution < -0.4 is 5.32 Å². The molecule has 0 aromatic carbocycles. The van der Waals surface area contributed by atoms with E-state index in [0.29, 0.717) is 18.3 Å². The summed E-state index contributed by atoms with van der Waals surface area (Å²) in [6.07, 6.45) is -2.21. The van der Waals surface area contributed by atoms with Crippen molar-refractivity contribution in [3.8, 4) is 0 Å². The number of nitrogens with zero attached hydrogens (tertiary/aromatic N) is 2. The average molecular weight is 266 g/mol. The molecule has 0 amide bonds. The molecule has 1 N–H and O–H groups in total. The second-order valence-electron chi connectivity index (χ2n) is 4.04. The molecule has 1 unspecified atom stereocenters.